The van der Waals surface area contributed by atoms with Crippen molar-refractivity contribution in [3.05, 3.63) is 65.7 Å². The molecule has 8 heteroatoms. The largest absolute Gasteiger partial charge is 0.353 e. The number of thioether (sulfide) groups is 1. The summed E-state index contributed by atoms with van der Waals surface area (Å²) in [6.07, 6.45) is 6.20. The summed E-state index contributed by atoms with van der Waals surface area (Å²) in [7, 11) is 0. The number of aliphatic imine (C=N–C) groups is 2. The normalized spacial score (nSPS) is 19.5. The van der Waals surface area contributed by atoms with Gasteiger partial charge < -0.3 is 5.32 Å². The van der Waals surface area contributed by atoms with Crippen LogP contribution in [0.1, 0.15) is 60.9 Å². The van der Waals surface area contributed by atoms with Crippen LogP contribution in [-0.4, -0.2) is 51.3 Å². The van der Waals surface area contributed by atoms with Crippen molar-refractivity contribution in [2.24, 2.45) is 9.98 Å². The lowest BCUT2D eigenvalue weighted by Crippen LogP contribution is -2.41. The molecule has 180 valence electrons. The van der Waals surface area contributed by atoms with Crippen molar-refractivity contribution in [3.63, 3.8) is 0 Å². The molecule has 0 bridgehead atoms. The Morgan fingerprint density at radius 1 is 1.00 bits per heavy atom. The second-order valence-corrected chi connectivity index (χ2v) is 10.0. The number of fused-ring (bicyclic) bond motifs is 3. The minimum Gasteiger partial charge on any atom is -0.353 e. The first-order chi connectivity index (χ1) is 17.1. The number of carbonyl (C=O) groups is 3. The Labute approximate surface area is 209 Å². The van der Waals surface area contributed by atoms with Gasteiger partial charge in [0.2, 0.25) is 5.91 Å². The fraction of sp³-hybridized carbons (Fsp3) is 0.370. The van der Waals surface area contributed by atoms with Gasteiger partial charge in [0.25, 0.3) is 5.91 Å². The maximum Gasteiger partial charge on any atom is 0.259 e. The van der Waals surface area contributed by atoms with Gasteiger partial charge in [-0.2, -0.15) is 0 Å². The molecule has 2 aromatic rings. The third-order valence-electron chi connectivity index (χ3n) is 6.59. The summed E-state index contributed by atoms with van der Waals surface area (Å²) in [6.45, 7) is 0. The Morgan fingerprint density at radius 3 is 2.54 bits per heavy atom. The smallest absolute Gasteiger partial charge is 0.259 e. The van der Waals surface area contributed by atoms with Crippen molar-refractivity contribution in [3.8, 4) is 0 Å². The Hall–Kier alpha value is -3.26. The molecule has 2 amide bonds. The van der Waals surface area contributed by atoms with Gasteiger partial charge in [-0.1, -0.05) is 73.5 Å². The number of rotatable bonds is 7. The first-order valence-electron chi connectivity index (χ1n) is 12.2. The quantitative estimate of drug-likeness (QED) is 0.582. The summed E-state index contributed by atoms with van der Waals surface area (Å²) < 4.78 is 0. The van der Waals surface area contributed by atoms with Crippen LogP contribution in [-0.2, 0) is 9.59 Å². The lowest BCUT2D eigenvalue weighted by molar-refractivity contribution is -0.125. The minimum absolute atomic E-state index is 0.0214. The van der Waals surface area contributed by atoms with E-state index in [4.69, 9.17) is 4.99 Å². The number of hydrogen-bond donors (Lipinski definition) is 1. The van der Waals surface area contributed by atoms with E-state index in [0.29, 0.717) is 23.0 Å². The third-order valence-corrected chi connectivity index (χ3v) is 7.53. The van der Waals surface area contributed by atoms with Crippen LogP contribution in [0.2, 0.25) is 0 Å². The zero-order chi connectivity index (χ0) is 24.2. The van der Waals surface area contributed by atoms with E-state index in [1.54, 1.807) is 12.1 Å². The average Bonchev–Trinajstić information content (AvgIpc) is 3.23. The van der Waals surface area contributed by atoms with E-state index >= 15 is 0 Å². The van der Waals surface area contributed by atoms with Gasteiger partial charge in [-0.15, -0.1) is 0 Å². The summed E-state index contributed by atoms with van der Waals surface area (Å²) in [5.41, 5.74) is 2.13. The summed E-state index contributed by atoms with van der Waals surface area (Å²) in [5, 5.41) is 3.57. The SMILES string of the molecule is O=C(CC[C@H]1N=C2c3ccccc3N=C(SCC(=O)c3ccccc3)N2C1=O)NC1CCCCC1. The molecule has 0 spiro atoms. The van der Waals surface area contributed by atoms with Crippen LogP contribution >= 0.6 is 11.8 Å². The molecule has 2 heterocycles. The first-order valence-corrected chi connectivity index (χ1v) is 13.2. The maximum absolute atomic E-state index is 13.4. The van der Waals surface area contributed by atoms with E-state index in [2.05, 4.69) is 10.3 Å². The zero-order valence-corrected chi connectivity index (χ0v) is 20.3. The number of benzene rings is 2. The zero-order valence-electron chi connectivity index (χ0n) is 19.5. The number of nitrogens with zero attached hydrogens (tertiary/aromatic N) is 3. The number of nitrogens with one attached hydrogen (secondary N) is 1. The fourth-order valence-corrected chi connectivity index (χ4v) is 5.63. The molecule has 0 radical (unpaired) electrons. The Bertz CT molecular complexity index is 1190. The predicted molar refractivity (Wildman–Crippen MR) is 138 cm³/mol. The van der Waals surface area contributed by atoms with Gasteiger partial charge in [0.1, 0.15) is 11.9 Å². The fourth-order valence-electron chi connectivity index (χ4n) is 4.74. The molecule has 5 rings (SSSR count). The van der Waals surface area contributed by atoms with Crippen LogP contribution in [0.5, 0.6) is 0 Å². The highest BCUT2D eigenvalue weighted by Crippen LogP contribution is 2.34. The van der Waals surface area contributed by atoms with Crippen LogP contribution in [0.25, 0.3) is 0 Å². The molecule has 2 aromatic carbocycles. The summed E-state index contributed by atoms with van der Waals surface area (Å²) in [5.74, 6) is 0.465. The van der Waals surface area contributed by atoms with Crippen molar-refractivity contribution in [1.82, 2.24) is 10.2 Å². The third kappa shape index (κ3) is 5.22. The Balaban J connectivity index is 1.29. The monoisotopic (exact) mass is 488 g/mol. The van der Waals surface area contributed by atoms with E-state index in [1.807, 2.05) is 42.5 Å². The molecule has 0 unspecified atom stereocenters. The predicted octanol–water partition coefficient (Wildman–Crippen LogP) is 4.49. The van der Waals surface area contributed by atoms with Gasteiger partial charge >= 0.3 is 0 Å². The minimum atomic E-state index is -0.635. The van der Waals surface area contributed by atoms with Crippen molar-refractivity contribution in [2.45, 2.75) is 57.0 Å². The molecule has 1 N–H and O–H groups in total. The van der Waals surface area contributed by atoms with Crippen molar-refractivity contribution in [1.29, 1.82) is 0 Å². The van der Waals surface area contributed by atoms with Crippen LogP contribution in [0, 0.1) is 0 Å². The number of Topliss-reactive ketones (excluding diaryl/α,β-unsaturated/α-hetero) is 1. The highest BCUT2D eigenvalue weighted by molar-refractivity contribution is 8.14. The lowest BCUT2D eigenvalue weighted by Gasteiger charge is -2.25. The number of amidine groups is 2. The molecule has 3 aliphatic rings. The molecular formula is C27H28N4O3S. The molecule has 1 fully saturated rings. The van der Waals surface area contributed by atoms with Crippen molar-refractivity contribution >= 4 is 46.1 Å². The molecule has 0 saturated heterocycles. The van der Waals surface area contributed by atoms with Gasteiger partial charge in [-0.05, 0) is 31.4 Å². The Kier molecular flexibility index (Phi) is 7.08. The van der Waals surface area contributed by atoms with Gasteiger partial charge in [0.05, 0.1) is 11.4 Å². The van der Waals surface area contributed by atoms with E-state index in [0.717, 1.165) is 36.9 Å². The molecule has 0 aromatic heterocycles. The highest BCUT2D eigenvalue weighted by atomic mass is 32.2. The molecule has 35 heavy (non-hydrogen) atoms. The molecular weight excluding hydrogens is 460 g/mol. The summed E-state index contributed by atoms with van der Waals surface area (Å²) >= 11 is 1.24. The van der Waals surface area contributed by atoms with Gasteiger partial charge in [-0.25, -0.2) is 9.89 Å². The molecule has 1 atom stereocenters. The number of ketones is 1. The van der Waals surface area contributed by atoms with Gasteiger partial charge in [-0.3, -0.25) is 19.4 Å². The van der Waals surface area contributed by atoms with E-state index in [-0.39, 0.29) is 35.8 Å². The van der Waals surface area contributed by atoms with Crippen LogP contribution in [0.15, 0.2) is 64.6 Å². The second-order valence-electron chi connectivity index (χ2n) is 9.07. The number of para-hydroxylation sites is 1. The van der Waals surface area contributed by atoms with Crippen LogP contribution in [0.3, 0.4) is 0 Å². The van der Waals surface area contributed by atoms with E-state index in [9.17, 15) is 14.4 Å². The molecule has 2 aliphatic heterocycles. The average molecular weight is 489 g/mol. The van der Waals surface area contributed by atoms with Crippen molar-refractivity contribution < 1.29 is 14.4 Å². The Morgan fingerprint density at radius 2 is 1.74 bits per heavy atom. The number of amides is 2. The highest BCUT2D eigenvalue weighted by Gasteiger charge is 2.41. The standard InChI is InChI=1S/C27H28N4O3S/c32-23(18-9-3-1-4-10-18)17-35-27-30-21-14-8-7-13-20(21)25-29-22(26(34)31(25)27)15-16-24(33)28-19-11-5-2-6-12-19/h1,3-4,7-10,13-14,19,22H,2,5-6,11-12,15-17H2,(H,28,33)/t22-/m1/s1. The summed E-state index contributed by atoms with van der Waals surface area (Å²) in [6, 6.07) is 16.3. The topological polar surface area (TPSA) is 91.2 Å². The molecule has 7 nitrogen and oxygen atoms in total. The number of carbonyl (C=O) groups excluding carboxylic acids is 3. The van der Waals surface area contributed by atoms with Gasteiger partial charge in [0.15, 0.2) is 11.0 Å². The number of hydrogen-bond acceptors (Lipinski definition) is 6. The maximum atomic E-state index is 13.4. The van der Waals surface area contributed by atoms with Crippen molar-refractivity contribution in [2.75, 3.05) is 5.75 Å². The molecule has 1 saturated carbocycles. The summed E-state index contributed by atoms with van der Waals surface area (Å²) in [4.78, 5) is 49.5. The lowest BCUT2D eigenvalue weighted by atomic mass is 9.95. The first kappa shape index (κ1) is 23.5. The second kappa shape index (κ2) is 10.6. The van der Waals surface area contributed by atoms with Crippen LogP contribution < -0.4 is 5.32 Å². The van der Waals surface area contributed by atoms with E-state index in [1.165, 1.54) is 23.1 Å². The van der Waals surface area contributed by atoms with Crippen LogP contribution in [0.4, 0.5) is 5.69 Å². The molecule has 1 aliphatic carbocycles. The van der Waals surface area contributed by atoms with E-state index < -0.39 is 6.04 Å². The van der Waals surface area contributed by atoms with Gasteiger partial charge in [0, 0.05) is 23.6 Å².